The molecule has 2 aromatic carbocycles. The highest BCUT2D eigenvalue weighted by molar-refractivity contribution is 9.10. The predicted molar refractivity (Wildman–Crippen MR) is 138 cm³/mol. The number of hydrogen-bond donors (Lipinski definition) is 0. The highest BCUT2D eigenvalue weighted by Gasteiger charge is 2.21. The van der Waals surface area contributed by atoms with Crippen molar-refractivity contribution in [2.75, 3.05) is 26.4 Å². The molecule has 2 saturated heterocycles. The molecule has 2 unspecified atom stereocenters. The summed E-state index contributed by atoms with van der Waals surface area (Å²) in [6.45, 7) is 6.57. The van der Waals surface area contributed by atoms with Gasteiger partial charge in [0.1, 0.15) is 16.9 Å². The number of nitrogens with zero attached hydrogens (tertiary/aromatic N) is 2. The smallest absolute Gasteiger partial charge is 0.150 e. The van der Waals surface area contributed by atoms with E-state index in [1.54, 1.807) is 6.08 Å². The van der Waals surface area contributed by atoms with Gasteiger partial charge in [-0.3, -0.25) is 0 Å². The molecule has 0 amide bonds. The standard InChI is InChI=1S/C15H14FNO.C13H11BrFNO/c1-2-10-7-11-3-4-14(12-5-6-18-9-12)17-15(11)13(16)8-10;14-10-5-8-1-2-12(9-3-4-17-7-9)16-13(8)11(15)6-10/h2-4,7-8,12H,1,5-6,9H2;1-2,5-6,9H,3-4,7H2. The molecule has 7 heteroatoms. The van der Waals surface area contributed by atoms with Gasteiger partial charge in [-0.15, -0.1) is 0 Å². The minimum absolute atomic E-state index is 0.282. The third-order valence-corrected chi connectivity index (χ3v) is 6.91. The van der Waals surface area contributed by atoms with Crippen LogP contribution >= 0.6 is 15.9 Å². The number of fused-ring (bicyclic) bond motifs is 2. The number of halogens is 3. The maximum Gasteiger partial charge on any atom is 0.150 e. The van der Waals surface area contributed by atoms with Crippen LogP contribution in [0.5, 0.6) is 0 Å². The lowest BCUT2D eigenvalue weighted by Gasteiger charge is -2.09. The first kappa shape index (κ1) is 24.0. The van der Waals surface area contributed by atoms with Crippen molar-refractivity contribution in [1.82, 2.24) is 9.97 Å². The molecule has 2 atom stereocenters. The molecule has 0 radical (unpaired) electrons. The third kappa shape index (κ3) is 5.27. The van der Waals surface area contributed by atoms with Crippen molar-refractivity contribution in [2.45, 2.75) is 24.7 Å². The molecule has 2 aliphatic heterocycles. The molecule has 180 valence electrons. The fourth-order valence-corrected chi connectivity index (χ4v) is 4.96. The number of rotatable bonds is 3. The minimum atomic E-state index is -0.289. The van der Waals surface area contributed by atoms with Crippen molar-refractivity contribution >= 4 is 43.8 Å². The van der Waals surface area contributed by atoms with Crippen LogP contribution in [0, 0.1) is 11.6 Å². The van der Waals surface area contributed by atoms with Gasteiger partial charge in [0.15, 0.2) is 5.82 Å². The van der Waals surface area contributed by atoms with E-state index >= 15 is 0 Å². The normalized spacial score (nSPS) is 19.6. The first-order valence-electron chi connectivity index (χ1n) is 11.7. The minimum Gasteiger partial charge on any atom is -0.381 e. The summed E-state index contributed by atoms with van der Waals surface area (Å²) in [7, 11) is 0. The Bertz CT molecular complexity index is 1380. The van der Waals surface area contributed by atoms with Gasteiger partial charge in [0.25, 0.3) is 0 Å². The fourth-order valence-electron chi connectivity index (χ4n) is 4.51. The van der Waals surface area contributed by atoms with E-state index in [0.29, 0.717) is 36.1 Å². The molecule has 2 aliphatic rings. The van der Waals surface area contributed by atoms with Gasteiger partial charge in [-0.05, 0) is 54.8 Å². The lowest BCUT2D eigenvalue weighted by molar-refractivity contribution is 0.193. The van der Waals surface area contributed by atoms with Crippen molar-refractivity contribution in [2.24, 2.45) is 0 Å². The molecule has 0 N–H and O–H groups in total. The second-order valence-electron chi connectivity index (χ2n) is 8.83. The lowest BCUT2D eigenvalue weighted by atomic mass is 10.0. The van der Waals surface area contributed by atoms with Crippen molar-refractivity contribution in [3.8, 4) is 0 Å². The Morgan fingerprint density at radius 2 is 1.34 bits per heavy atom. The fraction of sp³-hybridized carbons (Fsp3) is 0.286. The Morgan fingerprint density at radius 1 is 0.800 bits per heavy atom. The number of pyridine rings is 2. The summed E-state index contributed by atoms with van der Waals surface area (Å²) in [6.07, 6.45) is 3.57. The summed E-state index contributed by atoms with van der Waals surface area (Å²) in [5, 5.41) is 1.63. The predicted octanol–water partition coefficient (Wildman–Crippen LogP) is 7.16. The SMILES string of the molecule is C=Cc1cc(F)c2nc(C3CCOC3)ccc2c1.Fc1cc(Br)cc2ccc(C3CCOC3)nc12. The Morgan fingerprint density at radius 3 is 1.86 bits per heavy atom. The van der Waals surface area contributed by atoms with Crippen molar-refractivity contribution in [3.05, 3.63) is 88.2 Å². The zero-order valence-electron chi connectivity index (χ0n) is 19.1. The van der Waals surface area contributed by atoms with E-state index in [1.807, 2.05) is 36.4 Å². The van der Waals surface area contributed by atoms with Crippen LogP contribution in [0.15, 0.2) is 59.6 Å². The van der Waals surface area contributed by atoms with E-state index in [9.17, 15) is 8.78 Å². The number of benzene rings is 2. The molecule has 4 aromatic rings. The lowest BCUT2D eigenvalue weighted by Crippen LogP contribution is -2.01. The zero-order valence-corrected chi connectivity index (χ0v) is 20.7. The van der Waals surface area contributed by atoms with Crippen molar-refractivity contribution in [1.29, 1.82) is 0 Å². The van der Waals surface area contributed by atoms with Gasteiger partial charge in [-0.2, -0.15) is 0 Å². The summed E-state index contributed by atoms with van der Waals surface area (Å²) < 4.78 is 39.2. The zero-order chi connectivity index (χ0) is 24.4. The topological polar surface area (TPSA) is 44.2 Å². The van der Waals surface area contributed by atoms with Crippen LogP contribution in [0.4, 0.5) is 8.78 Å². The summed E-state index contributed by atoms with van der Waals surface area (Å²) >= 11 is 3.28. The molecule has 0 aliphatic carbocycles. The number of ether oxygens (including phenoxy) is 2. The molecule has 0 spiro atoms. The van der Waals surface area contributed by atoms with Gasteiger partial charge in [0.2, 0.25) is 0 Å². The Hall–Kier alpha value is -2.74. The maximum absolute atomic E-state index is 14.0. The molecule has 4 heterocycles. The van der Waals surface area contributed by atoms with Crippen molar-refractivity contribution < 1.29 is 18.3 Å². The van der Waals surface area contributed by atoms with Gasteiger partial charge in [0.05, 0.1) is 13.2 Å². The van der Waals surface area contributed by atoms with Crippen LogP contribution in [-0.2, 0) is 9.47 Å². The molecule has 0 bridgehead atoms. The van der Waals surface area contributed by atoms with E-state index in [-0.39, 0.29) is 11.6 Å². The highest BCUT2D eigenvalue weighted by Crippen LogP contribution is 2.29. The van der Waals surface area contributed by atoms with Crippen LogP contribution in [-0.4, -0.2) is 36.4 Å². The second-order valence-corrected chi connectivity index (χ2v) is 9.75. The summed E-state index contributed by atoms with van der Waals surface area (Å²) in [4.78, 5) is 8.86. The largest absolute Gasteiger partial charge is 0.381 e. The highest BCUT2D eigenvalue weighted by atomic mass is 79.9. The van der Waals surface area contributed by atoms with Gasteiger partial charge in [-0.1, -0.05) is 40.7 Å². The van der Waals surface area contributed by atoms with Crippen LogP contribution in [0.2, 0.25) is 0 Å². The number of hydrogen-bond acceptors (Lipinski definition) is 4. The molecule has 6 rings (SSSR count). The molecule has 4 nitrogen and oxygen atoms in total. The van der Waals surface area contributed by atoms with E-state index < -0.39 is 0 Å². The maximum atomic E-state index is 14.0. The summed E-state index contributed by atoms with van der Waals surface area (Å²) in [6, 6.07) is 14.5. The van der Waals surface area contributed by atoms with E-state index in [1.165, 1.54) is 12.1 Å². The molecular weight excluding hydrogens is 514 g/mol. The Labute approximate surface area is 211 Å². The molecule has 2 aromatic heterocycles. The molecule has 0 saturated carbocycles. The van der Waals surface area contributed by atoms with Crippen LogP contribution in [0.25, 0.3) is 27.9 Å². The van der Waals surface area contributed by atoms with Crippen LogP contribution < -0.4 is 0 Å². The van der Waals surface area contributed by atoms with Gasteiger partial charge in [0, 0.05) is 51.7 Å². The van der Waals surface area contributed by atoms with E-state index in [0.717, 1.165) is 58.3 Å². The van der Waals surface area contributed by atoms with Crippen LogP contribution in [0.1, 0.15) is 41.6 Å². The first-order chi connectivity index (χ1) is 17.0. The molecular formula is C28H25BrF2N2O2. The molecule has 2 fully saturated rings. The summed E-state index contributed by atoms with van der Waals surface area (Å²) in [5.74, 6) is 0.0358. The molecule has 35 heavy (non-hydrogen) atoms. The monoisotopic (exact) mass is 538 g/mol. The average Bonchev–Trinajstić information content (AvgIpc) is 3.59. The average molecular weight is 539 g/mol. The quantitative estimate of drug-likeness (QED) is 0.277. The number of aromatic nitrogens is 2. The van der Waals surface area contributed by atoms with E-state index in [2.05, 4.69) is 32.5 Å². The van der Waals surface area contributed by atoms with Crippen LogP contribution in [0.3, 0.4) is 0 Å². The van der Waals surface area contributed by atoms with Gasteiger partial charge < -0.3 is 9.47 Å². The van der Waals surface area contributed by atoms with E-state index in [4.69, 9.17) is 9.47 Å². The Balaban J connectivity index is 0.000000145. The van der Waals surface area contributed by atoms with Crippen molar-refractivity contribution in [3.63, 3.8) is 0 Å². The van der Waals surface area contributed by atoms with Gasteiger partial charge in [-0.25, -0.2) is 18.7 Å². The summed E-state index contributed by atoms with van der Waals surface area (Å²) in [5.41, 5.74) is 3.50. The third-order valence-electron chi connectivity index (χ3n) is 6.45. The second kappa shape index (κ2) is 10.5. The van der Waals surface area contributed by atoms with Gasteiger partial charge >= 0.3 is 0 Å². The first-order valence-corrected chi connectivity index (χ1v) is 12.4. The Kier molecular flexibility index (Phi) is 7.18.